The molecule has 0 aliphatic carbocycles. The molecule has 7 nitrogen and oxygen atoms in total. The Labute approximate surface area is 126 Å². The monoisotopic (exact) mass is 307 g/mol. The van der Waals surface area contributed by atoms with Gasteiger partial charge in [-0.1, -0.05) is 0 Å². The maximum Gasteiger partial charge on any atom is 0.249 e. The Kier molecular flexibility index (Phi) is 3.75. The van der Waals surface area contributed by atoms with Crippen LogP contribution in [0.25, 0.3) is 10.2 Å². The van der Waals surface area contributed by atoms with Gasteiger partial charge < -0.3 is 15.1 Å². The number of morpholine rings is 1. The zero-order valence-electron chi connectivity index (χ0n) is 12.0. The second kappa shape index (κ2) is 5.55. The van der Waals surface area contributed by atoms with Crippen molar-refractivity contribution in [2.45, 2.75) is 20.4 Å². The number of ether oxygens (including phenoxy) is 1. The molecule has 1 aliphatic rings. The van der Waals surface area contributed by atoms with Gasteiger partial charge >= 0.3 is 0 Å². The highest BCUT2D eigenvalue weighted by Gasteiger charge is 2.21. The number of carbonyl (C=O) groups excluding carboxylic acids is 1. The highest BCUT2D eigenvalue weighted by molar-refractivity contribution is 7.18. The molecule has 1 fully saturated rings. The molecule has 0 aromatic carbocycles. The first-order valence-electron chi connectivity index (χ1n) is 6.69. The van der Waals surface area contributed by atoms with Crippen LogP contribution in [0.2, 0.25) is 0 Å². The van der Waals surface area contributed by atoms with Crippen LogP contribution in [-0.2, 0) is 16.1 Å². The number of rotatable bonds is 3. The standard InChI is InChI=1S/C13H17N5O2S/c1-7-8(2)21-13-11(7)12(17-14)15-9(16-13)5-18-3-4-20-6-10(18)19/h3-6,14H2,1-2H3,(H,15,16,17). The van der Waals surface area contributed by atoms with E-state index >= 15 is 0 Å². The van der Waals surface area contributed by atoms with Gasteiger partial charge in [0.2, 0.25) is 5.91 Å². The van der Waals surface area contributed by atoms with E-state index in [2.05, 4.69) is 15.4 Å². The lowest BCUT2D eigenvalue weighted by molar-refractivity contribution is -0.143. The fraction of sp³-hybridized carbons (Fsp3) is 0.462. The van der Waals surface area contributed by atoms with Crippen LogP contribution in [0.15, 0.2) is 0 Å². The fourth-order valence-corrected chi connectivity index (χ4v) is 3.41. The van der Waals surface area contributed by atoms with Gasteiger partial charge in [-0.05, 0) is 19.4 Å². The second-order valence-electron chi connectivity index (χ2n) is 4.96. The molecular weight excluding hydrogens is 290 g/mol. The average Bonchev–Trinajstić information content (AvgIpc) is 2.76. The van der Waals surface area contributed by atoms with Crippen LogP contribution < -0.4 is 11.3 Å². The molecule has 3 heterocycles. The number of nitrogen functional groups attached to an aromatic ring is 1. The summed E-state index contributed by atoms with van der Waals surface area (Å²) in [5.74, 6) is 6.75. The minimum absolute atomic E-state index is 0.0363. The number of aromatic nitrogens is 2. The van der Waals surface area contributed by atoms with Gasteiger partial charge in [-0.15, -0.1) is 11.3 Å². The minimum atomic E-state index is -0.0363. The van der Waals surface area contributed by atoms with Crippen molar-refractivity contribution in [2.75, 3.05) is 25.2 Å². The van der Waals surface area contributed by atoms with E-state index in [1.165, 1.54) is 4.88 Å². The Bertz CT molecular complexity index is 699. The van der Waals surface area contributed by atoms with Gasteiger partial charge in [0.05, 0.1) is 18.5 Å². The normalized spacial score (nSPS) is 15.8. The third-order valence-corrected chi connectivity index (χ3v) is 4.73. The Morgan fingerprint density at radius 1 is 1.43 bits per heavy atom. The SMILES string of the molecule is Cc1sc2nc(CN3CCOCC3=O)nc(NN)c2c1C. The van der Waals surface area contributed by atoms with Crippen molar-refractivity contribution in [3.8, 4) is 0 Å². The third-order valence-electron chi connectivity index (χ3n) is 3.63. The van der Waals surface area contributed by atoms with Crippen LogP contribution in [-0.4, -0.2) is 40.5 Å². The first-order chi connectivity index (χ1) is 10.1. The van der Waals surface area contributed by atoms with E-state index in [0.717, 1.165) is 15.8 Å². The molecule has 0 atom stereocenters. The lowest BCUT2D eigenvalue weighted by Gasteiger charge is -2.26. The molecule has 0 bridgehead atoms. The molecule has 1 aliphatic heterocycles. The van der Waals surface area contributed by atoms with Crippen molar-refractivity contribution in [3.63, 3.8) is 0 Å². The third kappa shape index (κ3) is 2.57. The van der Waals surface area contributed by atoms with E-state index in [9.17, 15) is 4.79 Å². The molecule has 0 unspecified atom stereocenters. The summed E-state index contributed by atoms with van der Waals surface area (Å²) in [7, 11) is 0. The number of aryl methyl sites for hydroxylation is 2. The molecule has 0 saturated carbocycles. The van der Waals surface area contributed by atoms with Crippen molar-refractivity contribution >= 4 is 33.3 Å². The largest absolute Gasteiger partial charge is 0.370 e. The first-order valence-corrected chi connectivity index (χ1v) is 7.50. The van der Waals surface area contributed by atoms with E-state index < -0.39 is 0 Å². The number of thiophene rings is 1. The summed E-state index contributed by atoms with van der Waals surface area (Å²) in [6, 6.07) is 0. The lowest BCUT2D eigenvalue weighted by Crippen LogP contribution is -2.41. The van der Waals surface area contributed by atoms with Crippen LogP contribution in [0.4, 0.5) is 5.82 Å². The number of carbonyl (C=O) groups is 1. The number of hydrogen-bond acceptors (Lipinski definition) is 7. The first kappa shape index (κ1) is 14.2. The average molecular weight is 307 g/mol. The van der Waals surface area contributed by atoms with Gasteiger partial charge in [-0.25, -0.2) is 15.8 Å². The number of amides is 1. The topological polar surface area (TPSA) is 93.4 Å². The molecule has 112 valence electrons. The number of fused-ring (bicyclic) bond motifs is 1. The summed E-state index contributed by atoms with van der Waals surface area (Å²) in [6.45, 7) is 5.70. The molecule has 0 spiro atoms. The number of hydrogen-bond donors (Lipinski definition) is 2. The van der Waals surface area contributed by atoms with Crippen LogP contribution >= 0.6 is 11.3 Å². The predicted molar refractivity (Wildman–Crippen MR) is 80.9 cm³/mol. The number of anilines is 1. The number of nitrogens with one attached hydrogen (secondary N) is 1. The molecule has 8 heteroatoms. The maximum atomic E-state index is 11.8. The smallest absolute Gasteiger partial charge is 0.249 e. The van der Waals surface area contributed by atoms with Crippen molar-refractivity contribution in [1.82, 2.24) is 14.9 Å². The van der Waals surface area contributed by atoms with E-state index in [4.69, 9.17) is 10.6 Å². The van der Waals surface area contributed by atoms with E-state index in [1.807, 2.05) is 13.8 Å². The van der Waals surface area contributed by atoms with Crippen molar-refractivity contribution < 1.29 is 9.53 Å². The van der Waals surface area contributed by atoms with Gasteiger partial charge in [0, 0.05) is 11.4 Å². The summed E-state index contributed by atoms with van der Waals surface area (Å²) < 4.78 is 5.12. The maximum absolute atomic E-state index is 11.8. The number of nitrogens with zero attached hydrogens (tertiary/aromatic N) is 3. The summed E-state index contributed by atoms with van der Waals surface area (Å²) >= 11 is 1.61. The Balaban J connectivity index is 1.97. The van der Waals surface area contributed by atoms with Crippen LogP contribution in [0.3, 0.4) is 0 Å². The highest BCUT2D eigenvalue weighted by Crippen LogP contribution is 2.32. The van der Waals surface area contributed by atoms with E-state index in [-0.39, 0.29) is 12.5 Å². The number of nitrogens with two attached hydrogens (primary N) is 1. The molecule has 1 amide bonds. The van der Waals surface area contributed by atoms with Gasteiger partial charge in [0.25, 0.3) is 0 Å². The lowest BCUT2D eigenvalue weighted by atomic mass is 10.2. The summed E-state index contributed by atoms with van der Waals surface area (Å²) in [5.41, 5.74) is 3.78. The molecule has 0 radical (unpaired) electrons. The Morgan fingerprint density at radius 3 is 2.95 bits per heavy atom. The van der Waals surface area contributed by atoms with E-state index in [1.54, 1.807) is 16.2 Å². The van der Waals surface area contributed by atoms with Gasteiger partial charge in [-0.2, -0.15) is 0 Å². The second-order valence-corrected chi connectivity index (χ2v) is 6.17. The molecule has 21 heavy (non-hydrogen) atoms. The quantitative estimate of drug-likeness (QED) is 0.648. The van der Waals surface area contributed by atoms with Gasteiger partial charge in [0.1, 0.15) is 11.4 Å². The summed E-state index contributed by atoms with van der Waals surface area (Å²) in [6.07, 6.45) is 0. The van der Waals surface area contributed by atoms with Crippen LogP contribution in [0.5, 0.6) is 0 Å². The van der Waals surface area contributed by atoms with Crippen LogP contribution in [0.1, 0.15) is 16.3 Å². The zero-order chi connectivity index (χ0) is 15.0. The Hall–Kier alpha value is -1.77. The van der Waals surface area contributed by atoms with E-state index in [0.29, 0.717) is 31.3 Å². The Morgan fingerprint density at radius 2 is 2.24 bits per heavy atom. The molecular formula is C13H17N5O2S. The molecule has 3 N–H and O–H groups in total. The van der Waals surface area contributed by atoms with Crippen molar-refractivity contribution in [1.29, 1.82) is 0 Å². The molecule has 2 aromatic heterocycles. The van der Waals surface area contributed by atoms with Gasteiger partial charge in [0.15, 0.2) is 11.6 Å². The highest BCUT2D eigenvalue weighted by atomic mass is 32.1. The fourth-order valence-electron chi connectivity index (χ4n) is 2.36. The minimum Gasteiger partial charge on any atom is -0.370 e. The number of hydrazine groups is 1. The van der Waals surface area contributed by atoms with Gasteiger partial charge in [-0.3, -0.25) is 4.79 Å². The summed E-state index contributed by atoms with van der Waals surface area (Å²) in [4.78, 5) is 24.6. The summed E-state index contributed by atoms with van der Waals surface area (Å²) in [5, 5.41) is 0.956. The van der Waals surface area contributed by atoms with Crippen LogP contribution in [0, 0.1) is 13.8 Å². The van der Waals surface area contributed by atoms with Crippen molar-refractivity contribution in [3.05, 3.63) is 16.3 Å². The molecule has 2 aromatic rings. The zero-order valence-corrected chi connectivity index (χ0v) is 12.8. The van der Waals surface area contributed by atoms with Crippen molar-refractivity contribution in [2.24, 2.45) is 5.84 Å². The molecule has 3 rings (SSSR count). The predicted octanol–water partition coefficient (Wildman–Crippen LogP) is 0.953. The molecule has 1 saturated heterocycles.